The number of aliphatic carboxylic acids is 1. The van der Waals surface area contributed by atoms with Crippen molar-refractivity contribution in [2.24, 2.45) is 11.7 Å². The van der Waals surface area contributed by atoms with Crippen molar-refractivity contribution >= 4 is 11.9 Å². The number of carbonyl (C=O) groups excluding carboxylic acids is 1. The molecule has 0 fully saturated rings. The van der Waals surface area contributed by atoms with Gasteiger partial charge in [-0.15, -0.1) is 0 Å². The molecule has 0 radical (unpaired) electrons. The Bertz CT molecular complexity index is 428. The number of imidazole rings is 1. The molecular formula is C11H18N4O3. The first-order chi connectivity index (χ1) is 8.45. The zero-order valence-corrected chi connectivity index (χ0v) is 10.5. The van der Waals surface area contributed by atoms with Crippen molar-refractivity contribution in [3.05, 3.63) is 18.2 Å². The Hall–Kier alpha value is -1.89. The molecule has 0 aromatic carbocycles. The first-order valence-electron chi connectivity index (χ1n) is 5.71. The largest absolute Gasteiger partial charge is 0.480 e. The summed E-state index contributed by atoms with van der Waals surface area (Å²) in [5.41, 5.74) is 5.57. The van der Waals surface area contributed by atoms with Crippen LogP contribution in [0.25, 0.3) is 0 Å². The van der Waals surface area contributed by atoms with Crippen LogP contribution in [0.15, 0.2) is 12.5 Å². The van der Waals surface area contributed by atoms with Crippen molar-refractivity contribution in [1.82, 2.24) is 14.9 Å². The molecule has 4 N–H and O–H groups in total. The number of rotatable bonds is 6. The van der Waals surface area contributed by atoms with Gasteiger partial charge in [0.25, 0.3) is 5.91 Å². The lowest BCUT2D eigenvalue weighted by molar-refractivity contribution is -0.140. The molecule has 0 aliphatic carbocycles. The summed E-state index contributed by atoms with van der Waals surface area (Å²) in [5, 5.41) is 11.4. The van der Waals surface area contributed by atoms with Crippen molar-refractivity contribution in [1.29, 1.82) is 0 Å². The highest BCUT2D eigenvalue weighted by Crippen LogP contribution is 2.04. The maximum atomic E-state index is 11.8. The van der Waals surface area contributed by atoms with Gasteiger partial charge in [0.2, 0.25) is 0 Å². The lowest BCUT2D eigenvalue weighted by Gasteiger charge is -2.16. The highest BCUT2D eigenvalue weighted by molar-refractivity contribution is 5.94. The molecule has 7 heteroatoms. The highest BCUT2D eigenvalue weighted by Gasteiger charge is 2.24. The summed E-state index contributed by atoms with van der Waals surface area (Å²) in [6, 6.07) is -0.919. The predicted octanol–water partition coefficient (Wildman–Crippen LogP) is -0.319. The summed E-state index contributed by atoms with van der Waals surface area (Å²) in [5.74, 6) is -1.75. The van der Waals surface area contributed by atoms with E-state index in [9.17, 15) is 9.59 Å². The van der Waals surface area contributed by atoms with Crippen LogP contribution in [0, 0.1) is 5.92 Å². The predicted molar refractivity (Wildman–Crippen MR) is 65.0 cm³/mol. The number of carboxylic acid groups (broad SMARTS) is 1. The van der Waals surface area contributed by atoms with Gasteiger partial charge in [0.05, 0.1) is 6.33 Å². The Balaban J connectivity index is 2.71. The van der Waals surface area contributed by atoms with Crippen molar-refractivity contribution < 1.29 is 14.7 Å². The van der Waals surface area contributed by atoms with E-state index in [1.165, 1.54) is 6.33 Å². The Labute approximate surface area is 105 Å². The topological polar surface area (TPSA) is 110 Å². The maximum absolute atomic E-state index is 11.8. The number of nitrogens with one attached hydrogen (secondary N) is 1. The molecule has 7 nitrogen and oxygen atoms in total. The van der Waals surface area contributed by atoms with E-state index in [1.54, 1.807) is 24.6 Å². The van der Waals surface area contributed by atoms with Gasteiger partial charge in [0.15, 0.2) is 0 Å². The van der Waals surface area contributed by atoms with Crippen LogP contribution >= 0.6 is 0 Å². The van der Waals surface area contributed by atoms with Crippen LogP contribution in [-0.2, 0) is 11.3 Å². The molecule has 1 heterocycles. The van der Waals surface area contributed by atoms with E-state index in [2.05, 4.69) is 10.3 Å². The van der Waals surface area contributed by atoms with Gasteiger partial charge in [-0.1, -0.05) is 13.8 Å². The number of amides is 1. The Morgan fingerprint density at radius 1 is 1.56 bits per heavy atom. The molecule has 0 aliphatic heterocycles. The molecule has 0 aliphatic rings. The van der Waals surface area contributed by atoms with Gasteiger partial charge < -0.3 is 20.7 Å². The van der Waals surface area contributed by atoms with Gasteiger partial charge >= 0.3 is 5.97 Å². The number of carbonyl (C=O) groups is 2. The SMILES string of the molecule is CC(C)[C@H](NC(=O)c1cn(CCN)cn1)C(=O)O. The van der Waals surface area contributed by atoms with Crippen molar-refractivity contribution in [3.63, 3.8) is 0 Å². The average Bonchev–Trinajstić information content (AvgIpc) is 2.73. The normalized spacial score (nSPS) is 12.4. The molecule has 1 atom stereocenters. The molecule has 0 unspecified atom stereocenters. The van der Waals surface area contributed by atoms with Gasteiger partial charge in [-0.2, -0.15) is 0 Å². The number of hydrogen-bond donors (Lipinski definition) is 3. The van der Waals surface area contributed by atoms with E-state index < -0.39 is 17.9 Å². The molecule has 0 saturated carbocycles. The molecule has 18 heavy (non-hydrogen) atoms. The molecular weight excluding hydrogens is 236 g/mol. The van der Waals surface area contributed by atoms with Crippen LogP contribution < -0.4 is 11.1 Å². The number of nitrogens with two attached hydrogens (primary N) is 1. The minimum atomic E-state index is -1.06. The lowest BCUT2D eigenvalue weighted by Crippen LogP contribution is -2.44. The minimum Gasteiger partial charge on any atom is -0.480 e. The van der Waals surface area contributed by atoms with Gasteiger partial charge in [0.1, 0.15) is 11.7 Å². The van der Waals surface area contributed by atoms with E-state index in [4.69, 9.17) is 10.8 Å². The fourth-order valence-electron chi connectivity index (χ4n) is 1.48. The second-order valence-electron chi connectivity index (χ2n) is 4.32. The number of nitrogens with zero attached hydrogens (tertiary/aromatic N) is 2. The molecule has 1 aromatic heterocycles. The quantitative estimate of drug-likeness (QED) is 0.644. The van der Waals surface area contributed by atoms with Gasteiger partial charge in [-0.3, -0.25) is 4.79 Å². The van der Waals surface area contributed by atoms with Crippen LogP contribution in [-0.4, -0.2) is 39.1 Å². The van der Waals surface area contributed by atoms with Crippen LogP contribution in [0.4, 0.5) is 0 Å². The summed E-state index contributed by atoms with van der Waals surface area (Å²) in [4.78, 5) is 26.7. The van der Waals surface area contributed by atoms with E-state index >= 15 is 0 Å². The third-order valence-electron chi connectivity index (χ3n) is 2.47. The Morgan fingerprint density at radius 3 is 2.72 bits per heavy atom. The first-order valence-corrected chi connectivity index (χ1v) is 5.71. The van der Waals surface area contributed by atoms with Gasteiger partial charge in [-0.05, 0) is 5.92 Å². The van der Waals surface area contributed by atoms with Crippen LogP contribution in [0.3, 0.4) is 0 Å². The lowest BCUT2D eigenvalue weighted by atomic mass is 10.0. The zero-order valence-electron chi connectivity index (χ0n) is 10.5. The molecule has 0 bridgehead atoms. The molecule has 1 amide bonds. The zero-order chi connectivity index (χ0) is 13.7. The standard InChI is InChI=1S/C11H18N4O3/c1-7(2)9(11(17)18)14-10(16)8-5-15(4-3-12)6-13-8/h5-7,9H,3-4,12H2,1-2H3,(H,14,16)(H,17,18)/t9-/m0/s1. The molecule has 1 rings (SSSR count). The second-order valence-corrected chi connectivity index (χ2v) is 4.32. The van der Waals surface area contributed by atoms with Crippen LogP contribution in [0.2, 0.25) is 0 Å². The van der Waals surface area contributed by atoms with E-state index in [0.29, 0.717) is 13.1 Å². The summed E-state index contributed by atoms with van der Waals surface area (Å²) in [6.07, 6.45) is 3.04. The van der Waals surface area contributed by atoms with Crippen LogP contribution in [0.5, 0.6) is 0 Å². The maximum Gasteiger partial charge on any atom is 0.326 e. The molecule has 1 aromatic rings. The summed E-state index contributed by atoms with van der Waals surface area (Å²) in [6.45, 7) is 4.46. The second kappa shape index (κ2) is 6.15. The fourth-order valence-corrected chi connectivity index (χ4v) is 1.48. The van der Waals surface area contributed by atoms with Crippen LogP contribution in [0.1, 0.15) is 24.3 Å². The first kappa shape index (κ1) is 14.2. The van der Waals surface area contributed by atoms with Gasteiger partial charge in [0, 0.05) is 19.3 Å². The Morgan fingerprint density at radius 2 is 2.22 bits per heavy atom. The summed E-state index contributed by atoms with van der Waals surface area (Å²) in [7, 11) is 0. The fraction of sp³-hybridized carbons (Fsp3) is 0.545. The molecule has 0 saturated heterocycles. The highest BCUT2D eigenvalue weighted by atomic mass is 16.4. The molecule has 100 valence electrons. The van der Waals surface area contributed by atoms with Crippen molar-refractivity contribution in [2.75, 3.05) is 6.54 Å². The van der Waals surface area contributed by atoms with E-state index in [1.807, 2.05) is 0 Å². The number of aromatic nitrogens is 2. The summed E-state index contributed by atoms with van der Waals surface area (Å²) >= 11 is 0. The number of hydrogen-bond acceptors (Lipinski definition) is 4. The van der Waals surface area contributed by atoms with Gasteiger partial charge in [-0.25, -0.2) is 9.78 Å². The van der Waals surface area contributed by atoms with Crippen molar-refractivity contribution in [2.45, 2.75) is 26.4 Å². The van der Waals surface area contributed by atoms with E-state index in [0.717, 1.165) is 0 Å². The smallest absolute Gasteiger partial charge is 0.326 e. The monoisotopic (exact) mass is 254 g/mol. The number of carboxylic acids is 1. The average molecular weight is 254 g/mol. The minimum absolute atomic E-state index is 0.190. The van der Waals surface area contributed by atoms with E-state index in [-0.39, 0.29) is 11.6 Å². The third kappa shape index (κ3) is 3.56. The Kier molecular flexibility index (Phi) is 4.85. The summed E-state index contributed by atoms with van der Waals surface area (Å²) < 4.78 is 1.68. The third-order valence-corrected chi connectivity index (χ3v) is 2.47. The van der Waals surface area contributed by atoms with Crippen molar-refractivity contribution in [3.8, 4) is 0 Å². The molecule has 0 spiro atoms.